The highest BCUT2D eigenvalue weighted by Gasteiger charge is 2.10. The van der Waals surface area contributed by atoms with Crippen LogP contribution >= 0.6 is 0 Å². The van der Waals surface area contributed by atoms with Crippen LogP contribution in [0.5, 0.6) is 0 Å². The second-order valence-corrected chi connectivity index (χ2v) is 4.77. The van der Waals surface area contributed by atoms with Gasteiger partial charge in [0.05, 0.1) is 0 Å². The van der Waals surface area contributed by atoms with Crippen molar-refractivity contribution in [1.82, 2.24) is 0 Å². The number of rotatable bonds is 5. The minimum Gasteiger partial charge on any atom is -0.371 e. The summed E-state index contributed by atoms with van der Waals surface area (Å²) >= 11 is 0. The summed E-state index contributed by atoms with van der Waals surface area (Å²) in [5, 5.41) is 0. The van der Waals surface area contributed by atoms with E-state index in [-0.39, 0.29) is 0 Å². The zero-order chi connectivity index (χ0) is 12.1. The van der Waals surface area contributed by atoms with Gasteiger partial charge in [0.15, 0.2) is 0 Å². The number of benzene rings is 1. The van der Waals surface area contributed by atoms with Gasteiger partial charge in [-0.15, -0.1) is 0 Å². The minimum absolute atomic E-state index is 0.617. The first-order valence-electron chi connectivity index (χ1n) is 6.13. The fourth-order valence-electron chi connectivity index (χ4n) is 2.02. The van der Waals surface area contributed by atoms with Crippen molar-refractivity contribution in [1.29, 1.82) is 0 Å². The molecular weight excluding hydrogens is 196 g/mol. The van der Waals surface area contributed by atoms with Gasteiger partial charge in [0, 0.05) is 25.3 Å². The van der Waals surface area contributed by atoms with E-state index in [1.165, 1.54) is 16.8 Å². The predicted octanol–water partition coefficient (Wildman–Crippen LogP) is 2.94. The van der Waals surface area contributed by atoms with Crippen LogP contribution in [-0.2, 0) is 6.54 Å². The fourth-order valence-corrected chi connectivity index (χ4v) is 2.02. The lowest BCUT2D eigenvalue weighted by Gasteiger charge is -2.27. The zero-order valence-electron chi connectivity index (χ0n) is 11.0. The summed E-state index contributed by atoms with van der Waals surface area (Å²) in [5.41, 5.74) is 9.65. The average molecular weight is 220 g/mol. The van der Waals surface area contributed by atoms with E-state index in [4.69, 9.17) is 5.73 Å². The van der Waals surface area contributed by atoms with Crippen LogP contribution in [0.3, 0.4) is 0 Å². The molecule has 1 aromatic carbocycles. The first-order valence-corrected chi connectivity index (χ1v) is 6.13. The van der Waals surface area contributed by atoms with E-state index in [0.29, 0.717) is 12.5 Å². The van der Waals surface area contributed by atoms with Crippen molar-refractivity contribution >= 4 is 5.69 Å². The smallest absolute Gasteiger partial charge is 0.0411 e. The second kappa shape index (κ2) is 5.90. The van der Waals surface area contributed by atoms with Gasteiger partial charge in [-0.3, -0.25) is 0 Å². The van der Waals surface area contributed by atoms with Gasteiger partial charge in [-0.25, -0.2) is 0 Å². The van der Waals surface area contributed by atoms with E-state index < -0.39 is 0 Å². The summed E-state index contributed by atoms with van der Waals surface area (Å²) in [4.78, 5) is 2.41. The number of nitrogens with two attached hydrogens (primary N) is 1. The first-order chi connectivity index (χ1) is 7.58. The molecule has 0 aromatic heterocycles. The topological polar surface area (TPSA) is 29.3 Å². The lowest BCUT2D eigenvalue weighted by atomic mass is 10.1. The molecule has 0 amide bonds. The molecule has 90 valence electrons. The third-order valence-electron chi connectivity index (χ3n) is 2.76. The van der Waals surface area contributed by atoms with Crippen LogP contribution in [0.4, 0.5) is 5.69 Å². The molecule has 1 rings (SSSR count). The molecule has 0 fully saturated rings. The number of hydrogen-bond donors (Lipinski definition) is 1. The Kier molecular flexibility index (Phi) is 4.81. The Morgan fingerprint density at radius 1 is 1.31 bits per heavy atom. The molecule has 0 atom stereocenters. The second-order valence-electron chi connectivity index (χ2n) is 4.77. The Morgan fingerprint density at radius 2 is 2.00 bits per heavy atom. The van der Waals surface area contributed by atoms with Gasteiger partial charge in [0.25, 0.3) is 0 Å². The largest absolute Gasteiger partial charge is 0.371 e. The maximum Gasteiger partial charge on any atom is 0.0411 e. The van der Waals surface area contributed by atoms with Crippen molar-refractivity contribution in [2.45, 2.75) is 34.2 Å². The molecule has 1 aromatic rings. The van der Waals surface area contributed by atoms with E-state index in [1.807, 2.05) is 0 Å². The van der Waals surface area contributed by atoms with Crippen molar-refractivity contribution in [2.24, 2.45) is 11.7 Å². The van der Waals surface area contributed by atoms with Crippen molar-refractivity contribution in [2.75, 3.05) is 18.0 Å². The maximum atomic E-state index is 5.82. The van der Waals surface area contributed by atoms with E-state index in [1.54, 1.807) is 0 Å². The summed E-state index contributed by atoms with van der Waals surface area (Å²) in [6, 6.07) is 6.55. The van der Waals surface area contributed by atoms with E-state index >= 15 is 0 Å². The zero-order valence-corrected chi connectivity index (χ0v) is 11.0. The standard InChI is InChI=1S/C14H24N2/c1-5-16(10-11(2)3)14-7-6-12(4)8-13(14)9-15/h6-8,11H,5,9-10,15H2,1-4H3. The molecule has 0 unspecified atom stereocenters. The molecule has 0 aliphatic heterocycles. The molecular formula is C14H24N2. The summed E-state index contributed by atoms with van der Waals surface area (Å²) in [5.74, 6) is 0.673. The molecule has 2 N–H and O–H groups in total. The van der Waals surface area contributed by atoms with Crippen LogP contribution in [-0.4, -0.2) is 13.1 Å². The molecule has 0 spiro atoms. The number of anilines is 1. The molecule has 16 heavy (non-hydrogen) atoms. The quantitative estimate of drug-likeness (QED) is 0.826. The van der Waals surface area contributed by atoms with Gasteiger partial charge in [0.2, 0.25) is 0 Å². The Balaban J connectivity index is 2.99. The molecule has 0 saturated heterocycles. The molecule has 0 aliphatic carbocycles. The Bertz CT molecular complexity index is 332. The third-order valence-corrected chi connectivity index (χ3v) is 2.76. The fraction of sp³-hybridized carbons (Fsp3) is 0.571. The van der Waals surface area contributed by atoms with E-state index in [9.17, 15) is 0 Å². The van der Waals surface area contributed by atoms with Gasteiger partial charge in [-0.05, 0) is 31.4 Å². The maximum absolute atomic E-state index is 5.82. The first kappa shape index (κ1) is 13.0. The summed E-state index contributed by atoms with van der Waals surface area (Å²) in [6.07, 6.45) is 0. The normalized spacial score (nSPS) is 10.9. The molecule has 2 nitrogen and oxygen atoms in total. The number of aryl methyl sites for hydroxylation is 1. The van der Waals surface area contributed by atoms with Gasteiger partial charge < -0.3 is 10.6 Å². The highest BCUT2D eigenvalue weighted by Crippen LogP contribution is 2.22. The van der Waals surface area contributed by atoms with Gasteiger partial charge in [-0.2, -0.15) is 0 Å². The summed E-state index contributed by atoms with van der Waals surface area (Å²) in [7, 11) is 0. The molecule has 0 saturated carbocycles. The van der Waals surface area contributed by atoms with Gasteiger partial charge in [-0.1, -0.05) is 31.5 Å². The monoisotopic (exact) mass is 220 g/mol. The summed E-state index contributed by atoms with van der Waals surface area (Å²) < 4.78 is 0. The number of nitrogens with zero attached hydrogens (tertiary/aromatic N) is 1. The summed E-state index contributed by atoms with van der Waals surface area (Å²) in [6.45, 7) is 11.6. The van der Waals surface area contributed by atoms with Crippen molar-refractivity contribution in [3.05, 3.63) is 29.3 Å². The Hall–Kier alpha value is -1.02. The minimum atomic E-state index is 0.617. The van der Waals surface area contributed by atoms with Crippen molar-refractivity contribution in [3.8, 4) is 0 Å². The van der Waals surface area contributed by atoms with Crippen LogP contribution in [0.25, 0.3) is 0 Å². The van der Waals surface area contributed by atoms with Gasteiger partial charge in [0.1, 0.15) is 0 Å². The van der Waals surface area contributed by atoms with Crippen molar-refractivity contribution < 1.29 is 0 Å². The SMILES string of the molecule is CCN(CC(C)C)c1ccc(C)cc1CN. The highest BCUT2D eigenvalue weighted by molar-refractivity contribution is 5.55. The Morgan fingerprint density at radius 3 is 2.50 bits per heavy atom. The third kappa shape index (κ3) is 3.24. The van der Waals surface area contributed by atoms with E-state index in [0.717, 1.165) is 13.1 Å². The van der Waals surface area contributed by atoms with Crippen molar-refractivity contribution in [3.63, 3.8) is 0 Å². The molecule has 0 radical (unpaired) electrons. The van der Waals surface area contributed by atoms with Crippen LogP contribution in [0.2, 0.25) is 0 Å². The molecule has 0 heterocycles. The molecule has 0 bridgehead atoms. The highest BCUT2D eigenvalue weighted by atomic mass is 15.1. The van der Waals surface area contributed by atoms with E-state index in [2.05, 4.69) is 50.8 Å². The average Bonchev–Trinajstić information content (AvgIpc) is 2.25. The van der Waals surface area contributed by atoms with Crippen LogP contribution in [0.15, 0.2) is 18.2 Å². The lowest BCUT2D eigenvalue weighted by molar-refractivity contribution is 0.617. The lowest BCUT2D eigenvalue weighted by Crippen LogP contribution is -2.28. The number of hydrogen-bond acceptors (Lipinski definition) is 2. The molecule has 2 heteroatoms. The predicted molar refractivity (Wildman–Crippen MR) is 71.8 cm³/mol. The van der Waals surface area contributed by atoms with Crippen LogP contribution < -0.4 is 10.6 Å². The van der Waals surface area contributed by atoms with Crippen LogP contribution in [0, 0.1) is 12.8 Å². The Labute approximate surface area is 99.5 Å². The van der Waals surface area contributed by atoms with Gasteiger partial charge >= 0.3 is 0 Å². The molecule has 0 aliphatic rings. The van der Waals surface area contributed by atoms with Crippen LogP contribution in [0.1, 0.15) is 31.9 Å².